The molecule has 1 saturated heterocycles. The summed E-state index contributed by atoms with van der Waals surface area (Å²) >= 11 is 0. The van der Waals surface area contributed by atoms with Crippen molar-refractivity contribution in [1.29, 1.82) is 0 Å². The summed E-state index contributed by atoms with van der Waals surface area (Å²) in [6.45, 7) is 0.491. The lowest BCUT2D eigenvalue weighted by Crippen LogP contribution is -2.42. The molecular weight excluding hydrogens is 410 g/mol. The zero-order valence-corrected chi connectivity index (χ0v) is 17.5. The molecule has 5 heterocycles. The van der Waals surface area contributed by atoms with Crippen LogP contribution in [0, 0.1) is 0 Å². The fraction of sp³-hybridized carbons (Fsp3) is 0.364. The summed E-state index contributed by atoms with van der Waals surface area (Å²) in [6.07, 6.45) is 6.99. The van der Waals surface area contributed by atoms with Crippen molar-refractivity contribution in [2.24, 2.45) is 0 Å². The van der Waals surface area contributed by atoms with Gasteiger partial charge in [0, 0.05) is 42.5 Å². The van der Waals surface area contributed by atoms with Crippen LogP contribution in [-0.2, 0) is 4.74 Å². The topological polar surface area (TPSA) is 119 Å². The minimum atomic E-state index is -0.724. The molecule has 1 amide bonds. The highest BCUT2D eigenvalue weighted by atomic mass is 16.5. The first kappa shape index (κ1) is 19.2. The Morgan fingerprint density at radius 2 is 2.16 bits per heavy atom. The van der Waals surface area contributed by atoms with Gasteiger partial charge < -0.3 is 25.0 Å². The maximum absolute atomic E-state index is 13.0. The lowest BCUT2D eigenvalue weighted by molar-refractivity contribution is 0.0888. The number of carbonyl (C=O) groups excluding carboxylic acids is 1. The first-order chi connectivity index (χ1) is 15.6. The molecule has 10 nitrogen and oxygen atoms in total. The normalized spacial score (nSPS) is 20.8. The molecule has 32 heavy (non-hydrogen) atoms. The summed E-state index contributed by atoms with van der Waals surface area (Å²) in [4.78, 5) is 22.4. The average Bonchev–Trinajstić information content (AvgIpc) is 3.25. The molecule has 0 bridgehead atoms. The molecular formula is C22H23N7O3. The van der Waals surface area contributed by atoms with Crippen LogP contribution in [0.15, 0.2) is 36.8 Å². The second-order valence-corrected chi connectivity index (χ2v) is 8.31. The van der Waals surface area contributed by atoms with Crippen LogP contribution in [0.4, 0.5) is 5.82 Å². The van der Waals surface area contributed by atoms with Gasteiger partial charge in [-0.3, -0.25) is 4.79 Å². The lowest BCUT2D eigenvalue weighted by atomic mass is 10.1. The lowest BCUT2D eigenvalue weighted by Gasteiger charge is -2.14. The number of carbonyl (C=O) groups is 1. The van der Waals surface area contributed by atoms with E-state index >= 15 is 0 Å². The predicted molar refractivity (Wildman–Crippen MR) is 118 cm³/mol. The van der Waals surface area contributed by atoms with E-state index in [4.69, 9.17) is 9.72 Å². The van der Waals surface area contributed by atoms with Gasteiger partial charge in [-0.1, -0.05) is 0 Å². The molecule has 1 aliphatic carbocycles. The van der Waals surface area contributed by atoms with Crippen LogP contribution in [0.25, 0.3) is 27.9 Å². The Balaban J connectivity index is 1.47. The van der Waals surface area contributed by atoms with Crippen molar-refractivity contribution in [2.75, 3.05) is 25.6 Å². The van der Waals surface area contributed by atoms with Gasteiger partial charge in [0.15, 0.2) is 5.65 Å². The highest BCUT2D eigenvalue weighted by molar-refractivity contribution is 6.01. The zero-order valence-electron chi connectivity index (χ0n) is 17.5. The Bertz CT molecular complexity index is 1340. The number of rotatable bonds is 5. The number of nitrogens with zero attached hydrogens (tertiary/aromatic N) is 5. The van der Waals surface area contributed by atoms with E-state index in [2.05, 4.69) is 31.5 Å². The Morgan fingerprint density at radius 3 is 2.91 bits per heavy atom. The van der Waals surface area contributed by atoms with Crippen LogP contribution in [0.3, 0.4) is 0 Å². The van der Waals surface area contributed by atoms with Gasteiger partial charge in [-0.15, -0.1) is 0 Å². The number of aliphatic hydroxyl groups is 1. The molecule has 0 radical (unpaired) electrons. The minimum Gasteiger partial charge on any atom is -0.388 e. The van der Waals surface area contributed by atoms with E-state index in [1.54, 1.807) is 17.8 Å². The van der Waals surface area contributed by atoms with Gasteiger partial charge in [-0.25, -0.2) is 9.97 Å². The molecule has 0 aromatic carbocycles. The molecule has 6 rings (SSSR count). The van der Waals surface area contributed by atoms with Gasteiger partial charge in [0.1, 0.15) is 17.0 Å². The summed E-state index contributed by atoms with van der Waals surface area (Å²) in [5.74, 6) is 0.368. The third kappa shape index (κ3) is 3.02. The minimum absolute atomic E-state index is 0.213. The number of hydrogen-bond donors (Lipinski definition) is 3. The number of amides is 1. The van der Waals surface area contributed by atoms with Crippen LogP contribution >= 0.6 is 0 Å². The molecule has 2 aliphatic rings. The highest BCUT2D eigenvalue weighted by Crippen LogP contribution is 2.40. The van der Waals surface area contributed by atoms with E-state index in [0.717, 1.165) is 35.1 Å². The summed E-state index contributed by atoms with van der Waals surface area (Å²) in [7, 11) is 1.81. The maximum Gasteiger partial charge on any atom is 0.257 e. The molecule has 164 valence electrons. The van der Waals surface area contributed by atoms with Crippen LogP contribution in [-0.4, -0.2) is 67.6 Å². The molecule has 4 aromatic rings. The summed E-state index contributed by atoms with van der Waals surface area (Å²) in [5, 5.41) is 21.4. The fourth-order valence-corrected chi connectivity index (χ4v) is 4.28. The number of ether oxygens (including phenoxy) is 1. The second-order valence-electron chi connectivity index (χ2n) is 8.31. The van der Waals surface area contributed by atoms with Crippen molar-refractivity contribution in [1.82, 2.24) is 29.5 Å². The van der Waals surface area contributed by atoms with E-state index in [-0.39, 0.29) is 19.1 Å². The monoisotopic (exact) mass is 433 g/mol. The van der Waals surface area contributed by atoms with Crippen molar-refractivity contribution >= 4 is 28.4 Å². The van der Waals surface area contributed by atoms with Gasteiger partial charge in [-0.2, -0.15) is 9.61 Å². The number of hydrogen-bond acceptors (Lipinski definition) is 7. The smallest absolute Gasteiger partial charge is 0.257 e. The van der Waals surface area contributed by atoms with E-state index in [9.17, 15) is 9.90 Å². The summed E-state index contributed by atoms with van der Waals surface area (Å²) in [6, 6.07) is 5.92. The number of nitrogens with one attached hydrogen (secondary N) is 2. The zero-order chi connectivity index (χ0) is 21.8. The van der Waals surface area contributed by atoms with Crippen molar-refractivity contribution in [2.45, 2.75) is 31.0 Å². The Hall–Kier alpha value is -3.50. The molecule has 10 heteroatoms. The van der Waals surface area contributed by atoms with Crippen LogP contribution in [0.1, 0.15) is 29.2 Å². The second kappa shape index (κ2) is 7.28. The third-order valence-electron chi connectivity index (χ3n) is 6.15. The van der Waals surface area contributed by atoms with Crippen molar-refractivity contribution in [3.63, 3.8) is 0 Å². The number of aromatic nitrogens is 5. The van der Waals surface area contributed by atoms with Crippen molar-refractivity contribution < 1.29 is 14.6 Å². The molecule has 4 aromatic heterocycles. The first-order valence-electron chi connectivity index (χ1n) is 10.7. The van der Waals surface area contributed by atoms with E-state index in [1.165, 1.54) is 6.20 Å². The van der Waals surface area contributed by atoms with Gasteiger partial charge in [0.2, 0.25) is 0 Å². The number of pyridine rings is 1. The number of fused-ring (bicyclic) bond motifs is 2. The van der Waals surface area contributed by atoms with E-state index < -0.39 is 12.1 Å². The Kier molecular flexibility index (Phi) is 4.37. The van der Waals surface area contributed by atoms with Crippen molar-refractivity contribution in [3.8, 4) is 11.3 Å². The molecule has 1 aliphatic heterocycles. The van der Waals surface area contributed by atoms with Gasteiger partial charge in [-0.05, 0) is 25.0 Å². The van der Waals surface area contributed by atoms with Crippen LogP contribution in [0.2, 0.25) is 0 Å². The van der Waals surface area contributed by atoms with Gasteiger partial charge >= 0.3 is 0 Å². The van der Waals surface area contributed by atoms with Crippen LogP contribution < -0.4 is 10.6 Å². The maximum atomic E-state index is 13.0. The van der Waals surface area contributed by atoms with Crippen LogP contribution in [0.5, 0.6) is 0 Å². The first-order valence-corrected chi connectivity index (χ1v) is 10.7. The molecule has 1 saturated carbocycles. The van der Waals surface area contributed by atoms with Gasteiger partial charge in [0.05, 0.1) is 37.3 Å². The quantitative estimate of drug-likeness (QED) is 0.438. The average molecular weight is 433 g/mol. The predicted octanol–water partition coefficient (Wildman–Crippen LogP) is 1.61. The highest BCUT2D eigenvalue weighted by Gasteiger charge is 2.30. The largest absolute Gasteiger partial charge is 0.388 e. The molecule has 3 N–H and O–H groups in total. The molecule has 0 spiro atoms. The standard InChI is InChI=1S/C22H23N7O3/c1-23-19-7-16(15-9-28(12-4-5-12)20-13(15)3-2-6-24-20)26-21-14(8-25-29(19)21)22(31)27-17-10-32-11-18(17)30/h2-3,6-9,12,17-18,23,30H,4-5,10-11H2,1H3,(H,27,31)/t17-,18+/m1/s1. The fourth-order valence-electron chi connectivity index (χ4n) is 4.28. The molecule has 2 fully saturated rings. The number of aliphatic hydroxyl groups excluding tert-OH is 1. The summed E-state index contributed by atoms with van der Waals surface area (Å²) < 4.78 is 9.07. The molecule has 2 atom stereocenters. The molecule has 0 unspecified atom stereocenters. The van der Waals surface area contributed by atoms with Crippen molar-refractivity contribution in [3.05, 3.63) is 42.4 Å². The number of anilines is 1. The Morgan fingerprint density at radius 1 is 1.28 bits per heavy atom. The Labute approximate surface area is 183 Å². The summed E-state index contributed by atoms with van der Waals surface area (Å²) in [5.41, 5.74) is 3.42. The van der Waals surface area contributed by atoms with Gasteiger partial charge in [0.25, 0.3) is 5.91 Å². The third-order valence-corrected chi connectivity index (χ3v) is 6.15. The van der Waals surface area contributed by atoms with E-state index in [1.807, 2.05) is 18.2 Å². The SMILES string of the molecule is CNc1cc(-c2cn(C3CC3)c3ncccc23)nc2c(C(=O)N[C@@H]3COC[C@@H]3O)cnn12. The van der Waals surface area contributed by atoms with E-state index in [0.29, 0.717) is 23.1 Å².